The van der Waals surface area contributed by atoms with Gasteiger partial charge < -0.3 is 4.74 Å². The van der Waals surface area contributed by atoms with Gasteiger partial charge in [0.1, 0.15) is 5.60 Å². The Balaban J connectivity index is 4.81. The lowest BCUT2D eigenvalue weighted by Gasteiger charge is -2.44. The maximum atomic E-state index is 12.0. The molecular formula is C15H30O5S. The Morgan fingerprint density at radius 1 is 1.05 bits per heavy atom. The Morgan fingerprint density at radius 2 is 1.52 bits per heavy atom. The van der Waals surface area contributed by atoms with E-state index in [1.165, 1.54) is 0 Å². The van der Waals surface area contributed by atoms with E-state index in [0.29, 0.717) is 6.42 Å². The van der Waals surface area contributed by atoms with E-state index in [-0.39, 0.29) is 23.7 Å². The van der Waals surface area contributed by atoms with Crippen LogP contribution >= 0.6 is 0 Å². The smallest absolute Gasteiger partial charge is 0.306 e. The number of ether oxygens (including phenoxy) is 1. The summed E-state index contributed by atoms with van der Waals surface area (Å²) in [5.74, 6) is -0.853. The van der Waals surface area contributed by atoms with E-state index < -0.39 is 27.4 Å². The van der Waals surface area contributed by atoms with E-state index in [0.717, 1.165) is 0 Å². The summed E-state index contributed by atoms with van der Waals surface area (Å²) in [6.45, 7) is 14.2. The summed E-state index contributed by atoms with van der Waals surface area (Å²) in [5, 5.41) is 0. The lowest BCUT2D eigenvalue weighted by molar-refractivity contribution is -0.175. The van der Waals surface area contributed by atoms with Crippen molar-refractivity contribution < 1.29 is 22.5 Å². The average Bonchev–Trinajstić information content (AvgIpc) is 2.09. The fourth-order valence-electron chi connectivity index (χ4n) is 2.17. The second-order valence-corrected chi connectivity index (χ2v) is 9.65. The number of esters is 1. The van der Waals surface area contributed by atoms with Crippen molar-refractivity contribution in [1.29, 1.82) is 0 Å². The van der Waals surface area contributed by atoms with Gasteiger partial charge in [-0.15, -0.1) is 0 Å². The first-order valence-corrected chi connectivity index (χ1v) is 8.84. The van der Waals surface area contributed by atoms with E-state index in [1.807, 2.05) is 27.7 Å². The fourth-order valence-corrected chi connectivity index (χ4v) is 2.68. The zero-order chi connectivity index (χ0) is 17.1. The van der Waals surface area contributed by atoms with Crippen molar-refractivity contribution in [2.75, 3.05) is 5.75 Å². The molecule has 0 bridgehead atoms. The van der Waals surface area contributed by atoms with E-state index in [9.17, 15) is 13.2 Å². The Morgan fingerprint density at radius 3 is 1.86 bits per heavy atom. The van der Waals surface area contributed by atoms with Crippen LogP contribution in [0.25, 0.3) is 0 Å². The number of rotatable bonds is 6. The molecular weight excluding hydrogens is 292 g/mol. The highest BCUT2D eigenvalue weighted by atomic mass is 32.2. The van der Waals surface area contributed by atoms with Crippen LogP contribution in [0.2, 0.25) is 0 Å². The van der Waals surface area contributed by atoms with Crippen LogP contribution in [0.15, 0.2) is 0 Å². The molecule has 0 fully saturated rings. The molecule has 0 aliphatic heterocycles. The molecule has 5 nitrogen and oxygen atoms in total. The number of carbonyl (C=O) groups is 1. The normalized spacial score (nSPS) is 16.4. The minimum Gasteiger partial charge on any atom is -0.459 e. The van der Waals surface area contributed by atoms with Crippen molar-refractivity contribution in [2.45, 2.75) is 73.3 Å². The van der Waals surface area contributed by atoms with Gasteiger partial charge in [0.15, 0.2) is 0 Å². The van der Waals surface area contributed by atoms with Crippen LogP contribution in [-0.2, 0) is 19.6 Å². The first-order valence-electron chi connectivity index (χ1n) is 7.23. The molecule has 0 aliphatic rings. The molecule has 21 heavy (non-hydrogen) atoms. The summed E-state index contributed by atoms with van der Waals surface area (Å²) < 4.78 is 35.6. The van der Waals surface area contributed by atoms with Gasteiger partial charge in [-0.3, -0.25) is 9.35 Å². The van der Waals surface area contributed by atoms with E-state index in [4.69, 9.17) is 9.29 Å². The van der Waals surface area contributed by atoms with Gasteiger partial charge in [0, 0.05) is 11.8 Å². The lowest BCUT2D eigenvalue weighted by Crippen LogP contribution is -2.46. The Kier molecular flexibility index (Phi) is 6.45. The zero-order valence-corrected chi connectivity index (χ0v) is 15.1. The van der Waals surface area contributed by atoms with Gasteiger partial charge in [-0.25, -0.2) is 0 Å². The summed E-state index contributed by atoms with van der Waals surface area (Å²) in [6, 6.07) is 0. The molecule has 1 atom stereocenters. The van der Waals surface area contributed by atoms with Crippen molar-refractivity contribution in [2.24, 2.45) is 10.8 Å². The standard InChI is InChI=1S/C15H30O5S/c1-13(2,3)11-15(7,14(4,5)6)20-12(16)9-8-10-21(17,18)19/h8-11H2,1-7H3,(H,17,18,19). The molecule has 0 saturated carbocycles. The van der Waals surface area contributed by atoms with Crippen LogP contribution in [0.5, 0.6) is 0 Å². The van der Waals surface area contributed by atoms with Crippen molar-refractivity contribution >= 4 is 16.1 Å². The van der Waals surface area contributed by atoms with Crippen molar-refractivity contribution in [3.63, 3.8) is 0 Å². The molecule has 126 valence electrons. The van der Waals surface area contributed by atoms with Gasteiger partial charge in [0.25, 0.3) is 10.1 Å². The first-order chi connectivity index (χ1) is 9.06. The van der Waals surface area contributed by atoms with Crippen molar-refractivity contribution in [1.82, 2.24) is 0 Å². The Labute approximate surface area is 129 Å². The van der Waals surface area contributed by atoms with Crippen LogP contribution in [0.1, 0.15) is 67.7 Å². The molecule has 0 aromatic carbocycles. The van der Waals surface area contributed by atoms with Crippen LogP contribution < -0.4 is 0 Å². The predicted octanol–water partition coefficient (Wildman–Crippen LogP) is 3.44. The van der Waals surface area contributed by atoms with Gasteiger partial charge >= 0.3 is 5.97 Å². The SMILES string of the molecule is CC(C)(C)CC(C)(OC(=O)CCCS(=O)(=O)O)C(C)(C)C. The van der Waals surface area contributed by atoms with Crippen LogP contribution in [0.3, 0.4) is 0 Å². The molecule has 0 amide bonds. The fraction of sp³-hybridized carbons (Fsp3) is 0.933. The van der Waals surface area contributed by atoms with Gasteiger partial charge in [0.05, 0.1) is 5.75 Å². The zero-order valence-electron chi connectivity index (χ0n) is 14.3. The Bertz CT molecular complexity index is 453. The second kappa shape index (κ2) is 6.65. The molecule has 0 aromatic rings. The lowest BCUT2D eigenvalue weighted by atomic mass is 9.69. The van der Waals surface area contributed by atoms with E-state index in [2.05, 4.69) is 20.8 Å². The third-order valence-corrected chi connectivity index (χ3v) is 4.38. The molecule has 0 heterocycles. The summed E-state index contributed by atoms with van der Waals surface area (Å²) in [5.41, 5.74) is -0.879. The van der Waals surface area contributed by atoms with Crippen LogP contribution in [-0.4, -0.2) is 30.3 Å². The third-order valence-electron chi connectivity index (χ3n) is 3.58. The predicted molar refractivity (Wildman–Crippen MR) is 83.7 cm³/mol. The third kappa shape index (κ3) is 8.41. The molecule has 1 N–H and O–H groups in total. The number of hydrogen-bond acceptors (Lipinski definition) is 4. The van der Waals surface area contributed by atoms with Gasteiger partial charge in [-0.1, -0.05) is 41.5 Å². The summed E-state index contributed by atoms with van der Waals surface area (Å²) >= 11 is 0. The minimum atomic E-state index is -4.03. The summed E-state index contributed by atoms with van der Waals surface area (Å²) in [4.78, 5) is 12.0. The topological polar surface area (TPSA) is 80.7 Å². The molecule has 6 heteroatoms. The minimum absolute atomic E-state index is 0.00323. The molecule has 0 radical (unpaired) electrons. The van der Waals surface area contributed by atoms with Gasteiger partial charge in [0.2, 0.25) is 0 Å². The molecule has 0 aromatic heterocycles. The number of carbonyl (C=O) groups excluding carboxylic acids is 1. The molecule has 0 saturated heterocycles. The second-order valence-electron chi connectivity index (χ2n) is 8.08. The first kappa shape index (κ1) is 20.4. The quantitative estimate of drug-likeness (QED) is 0.598. The highest BCUT2D eigenvalue weighted by molar-refractivity contribution is 7.85. The maximum Gasteiger partial charge on any atom is 0.306 e. The van der Waals surface area contributed by atoms with Crippen molar-refractivity contribution in [3.8, 4) is 0 Å². The molecule has 0 rings (SSSR count). The molecule has 1 unspecified atom stereocenters. The number of hydrogen-bond donors (Lipinski definition) is 1. The summed E-state index contributed by atoms with van der Waals surface area (Å²) in [6.07, 6.45) is 0.747. The highest BCUT2D eigenvalue weighted by Crippen LogP contribution is 2.42. The molecule has 0 spiro atoms. The van der Waals surface area contributed by atoms with Gasteiger partial charge in [-0.2, -0.15) is 8.42 Å². The Hall–Kier alpha value is -0.620. The maximum absolute atomic E-state index is 12.0. The van der Waals surface area contributed by atoms with E-state index >= 15 is 0 Å². The summed E-state index contributed by atoms with van der Waals surface area (Å²) in [7, 11) is -4.03. The largest absolute Gasteiger partial charge is 0.459 e. The molecule has 0 aliphatic carbocycles. The van der Waals surface area contributed by atoms with Crippen molar-refractivity contribution in [3.05, 3.63) is 0 Å². The average molecular weight is 322 g/mol. The van der Waals surface area contributed by atoms with E-state index in [1.54, 1.807) is 0 Å². The monoisotopic (exact) mass is 322 g/mol. The van der Waals surface area contributed by atoms with Gasteiger partial charge in [-0.05, 0) is 25.2 Å². The van der Waals surface area contributed by atoms with Crippen LogP contribution in [0.4, 0.5) is 0 Å². The van der Waals surface area contributed by atoms with Crippen LogP contribution in [0, 0.1) is 10.8 Å². The highest BCUT2D eigenvalue weighted by Gasteiger charge is 2.43.